The molecule has 0 radical (unpaired) electrons. The first-order chi connectivity index (χ1) is 12.6. The van der Waals surface area contributed by atoms with Crippen molar-refractivity contribution in [2.45, 2.75) is 26.1 Å². The number of carbonyl (C=O) groups excluding carboxylic acids is 1. The van der Waals surface area contributed by atoms with Gasteiger partial charge in [0.2, 0.25) is 12.7 Å². The van der Waals surface area contributed by atoms with Gasteiger partial charge in [0.25, 0.3) is 0 Å². The maximum absolute atomic E-state index is 12.4. The number of fused-ring (bicyclic) bond motifs is 2. The molecular weight excluding hydrogens is 334 g/mol. The van der Waals surface area contributed by atoms with Gasteiger partial charge in [-0.1, -0.05) is 18.2 Å². The van der Waals surface area contributed by atoms with Gasteiger partial charge >= 0.3 is 0 Å². The lowest BCUT2D eigenvalue weighted by Crippen LogP contribution is -2.28. The highest BCUT2D eigenvalue weighted by molar-refractivity contribution is 5.81. The third-order valence-corrected chi connectivity index (χ3v) is 4.29. The van der Waals surface area contributed by atoms with Gasteiger partial charge in [0.15, 0.2) is 11.5 Å². The topological polar surface area (TPSA) is 85.6 Å². The van der Waals surface area contributed by atoms with Crippen LogP contribution in [0.3, 0.4) is 0 Å². The van der Waals surface area contributed by atoms with Gasteiger partial charge in [-0.2, -0.15) is 0 Å². The largest absolute Gasteiger partial charge is 0.454 e. The standard InChI is InChI=1S/C19H19N3O4/c1-12(23)19-21-14-4-2-3-5-15(14)22(19)10-18(24)20-9-13-6-7-16-17(8-13)26-11-25-16/h2-8,12,23H,9-11H2,1H3,(H,20,24). The van der Waals surface area contributed by atoms with Gasteiger partial charge in [0, 0.05) is 6.54 Å². The van der Waals surface area contributed by atoms with E-state index < -0.39 is 6.10 Å². The van der Waals surface area contributed by atoms with Crippen molar-refractivity contribution in [1.29, 1.82) is 0 Å². The van der Waals surface area contributed by atoms with E-state index in [1.54, 1.807) is 11.5 Å². The fourth-order valence-corrected chi connectivity index (χ4v) is 3.03. The molecule has 1 aromatic heterocycles. The van der Waals surface area contributed by atoms with Gasteiger partial charge in [-0.15, -0.1) is 0 Å². The Morgan fingerprint density at radius 3 is 2.92 bits per heavy atom. The summed E-state index contributed by atoms with van der Waals surface area (Å²) in [5.41, 5.74) is 2.50. The Bertz CT molecular complexity index is 965. The van der Waals surface area contributed by atoms with Gasteiger partial charge in [-0.25, -0.2) is 4.98 Å². The number of aliphatic hydroxyl groups is 1. The van der Waals surface area contributed by atoms with Gasteiger partial charge in [0.1, 0.15) is 18.5 Å². The van der Waals surface area contributed by atoms with E-state index in [0.717, 1.165) is 16.6 Å². The average molecular weight is 353 g/mol. The minimum atomic E-state index is -0.760. The number of nitrogens with zero attached hydrogens (tertiary/aromatic N) is 2. The molecule has 26 heavy (non-hydrogen) atoms. The number of ether oxygens (including phenoxy) is 2. The molecule has 4 rings (SSSR count). The second-order valence-corrected chi connectivity index (χ2v) is 6.19. The molecule has 3 aromatic rings. The lowest BCUT2D eigenvalue weighted by molar-refractivity contribution is -0.121. The second-order valence-electron chi connectivity index (χ2n) is 6.19. The predicted molar refractivity (Wildman–Crippen MR) is 94.8 cm³/mol. The number of imidazole rings is 1. The van der Waals surface area contributed by atoms with Gasteiger partial charge in [0.05, 0.1) is 11.0 Å². The third-order valence-electron chi connectivity index (χ3n) is 4.29. The summed E-state index contributed by atoms with van der Waals surface area (Å²) in [5.74, 6) is 1.72. The number of benzene rings is 2. The Hall–Kier alpha value is -3.06. The van der Waals surface area contributed by atoms with Crippen LogP contribution in [0.5, 0.6) is 11.5 Å². The molecule has 1 aliphatic heterocycles. The zero-order chi connectivity index (χ0) is 18.1. The van der Waals surface area contributed by atoms with Crippen LogP contribution < -0.4 is 14.8 Å². The predicted octanol–water partition coefficient (Wildman–Crippen LogP) is 2.13. The minimum absolute atomic E-state index is 0.0886. The van der Waals surface area contributed by atoms with Crippen molar-refractivity contribution in [3.8, 4) is 11.5 Å². The molecule has 7 nitrogen and oxygen atoms in total. The maximum Gasteiger partial charge on any atom is 0.240 e. The number of amides is 1. The molecule has 1 aliphatic rings. The Morgan fingerprint density at radius 1 is 1.27 bits per heavy atom. The number of carbonyl (C=O) groups is 1. The van der Waals surface area contributed by atoms with Crippen molar-refractivity contribution in [2.75, 3.05) is 6.79 Å². The van der Waals surface area contributed by atoms with Crippen LogP contribution >= 0.6 is 0 Å². The molecule has 0 aliphatic carbocycles. The first-order valence-electron chi connectivity index (χ1n) is 8.40. The third kappa shape index (κ3) is 3.09. The summed E-state index contributed by atoms with van der Waals surface area (Å²) in [5, 5.41) is 12.9. The van der Waals surface area contributed by atoms with E-state index in [1.165, 1.54) is 0 Å². The molecule has 0 saturated carbocycles. The molecular formula is C19H19N3O4. The molecule has 2 N–H and O–H groups in total. The first-order valence-corrected chi connectivity index (χ1v) is 8.40. The minimum Gasteiger partial charge on any atom is -0.454 e. The van der Waals surface area contributed by atoms with E-state index in [0.29, 0.717) is 23.9 Å². The number of nitrogens with one attached hydrogen (secondary N) is 1. The summed E-state index contributed by atoms with van der Waals surface area (Å²) >= 11 is 0. The fourth-order valence-electron chi connectivity index (χ4n) is 3.03. The molecule has 0 saturated heterocycles. The van der Waals surface area contributed by atoms with Crippen LogP contribution in [0.15, 0.2) is 42.5 Å². The summed E-state index contributed by atoms with van der Waals surface area (Å²) in [6, 6.07) is 13.1. The number of hydrogen-bond donors (Lipinski definition) is 2. The normalized spacial score (nSPS) is 13.8. The van der Waals surface area contributed by atoms with E-state index in [1.807, 2.05) is 42.5 Å². The smallest absolute Gasteiger partial charge is 0.240 e. The van der Waals surface area contributed by atoms with Crippen LogP contribution in [-0.4, -0.2) is 27.4 Å². The van der Waals surface area contributed by atoms with Crippen molar-refractivity contribution in [1.82, 2.24) is 14.9 Å². The monoisotopic (exact) mass is 353 g/mol. The van der Waals surface area contributed by atoms with Gasteiger partial charge in [-0.3, -0.25) is 4.79 Å². The molecule has 134 valence electrons. The number of para-hydroxylation sites is 2. The SMILES string of the molecule is CC(O)c1nc2ccccc2n1CC(=O)NCc1ccc2c(c1)OCO2. The summed E-state index contributed by atoms with van der Waals surface area (Å²) in [6.07, 6.45) is -0.760. The zero-order valence-electron chi connectivity index (χ0n) is 14.3. The van der Waals surface area contributed by atoms with Crippen LogP contribution in [0.2, 0.25) is 0 Å². The second kappa shape index (κ2) is 6.68. The molecule has 1 amide bonds. The van der Waals surface area contributed by atoms with E-state index in [4.69, 9.17) is 9.47 Å². The van der Waals surface area contributed by atoms with Crippen molar-refractivity contribution in [2.24, 2.45) is 0 Å². The van der Waals surface area contributed by atoms with Crippen LogP contribution in [-0.2, 0) is 17.9 Å². The highest BCUT2D eigenvalue weighted by atomic mass is 16.7. The van der Waals surface area contributed by atoms with Crippen LogP contribution in [0.25, 0.3) is 11.0 Å². The Balaban J connectivity index is 1.48. The van der Waals surface area contributed by atoms with Crippen LogP contribution in [0, 0.1) is 0 Å². The lowest BCUT2D eigenvalue weighted by atomic mass is 10.2. The van der Waals surface area contributed by atoms with E-state index >= 15 is 0 Å². The molecule has 2 aromatic carbocycles. The average Bonchev–Trinajstić information content (AvgIpc) is 3.24. The van der Waals surface area contributed by atoms with Gasteiger partial charge < -0.3 is 24.5 Å². The molecule has 7 heteroatoms. The molecule has 1 atom stereocenters. The number of hydrogen-bond acceptors (Lipinski definition) is 5. The van der Waals surface area contributed by atoms with Crippen molar-refractivity contribution in [3.05, 3.63) is 53.9 Å². The quantitative estimate of drug-likeness (QED) is 0.734. The van der Waals surface area contributed by atoms with Crippen molar-refractivity contribution < 1.29 is 19.4 Å². The Morgan fingerprint density at radius 2 is 2.08 bits per heavy atom. The summed E-state index contributed by atoms with van der Waals surface area (Å²) < 4.78 is 12.4. The highest BCUT2D eigenvalue weighted by Gasteiger charge is 2.17. The molecule has 0 spiro atoms. The van der Waals surface area contributed by atoms with E-state index in [9.17, 15) is 9.90 Å². The summed E-state index contributed by atoms with van der Waals surface area (Å²) in [7, 11) is 0. The van der Waals surface area contributed by atoms with Crippen LogP contribution in [0.4, 0.5) is 0 Å². The van der Waals surface area contributed by atoms with Crippen molar-refractivity contribution in [3.63, 3.8) is 0 Å². The highest BCUT2D eigenvalue weighted by Crippen LogP contribution is 2.32. The molecule has 0 fully saturated rings. The van der Waals surface area contributed by atoms with E-state index in [-0.39, 0.29) is 19.2 Å². The zero-order valence-corrected chi connectivity index (χ0v) is 14.3. The maximum atomic E-state index is 12.4. The number of rotatable bonds is 5. The summed E-state index contributed by atoms with van der Waals surface area (Å²) in [6.45, 7) is 2.33. The number of aromatic nitrogens is 2. The van der Waals surface area contributed by atoms with Gasteiger partial charge in [-0.05, 0) is 36.8 Å². The van der Waals surface area contributed by atoms with E-state index in [2.05, 4.69) is 10.3 Å². The Labute approximate surface area is 150 Å². The molecule has 1 unspecified atom stereocenters. The van der Waals surface area contributed by atoms with Crippen LogP contribution in [0.1, 0.15) is 24.4 Å². The lowest BCUT2D eigenvalue weighted by Gasteiger charge is -2.11. The fraction of sp³-hybridized carbons (Fsp3) is 0.263. The molecule has 2 heterocycles. The number of aliphatic hydroxyl groups excluding tert-OH is 1. The molecule has 0 bridgehead atoms. The summed E-state index contributed by atoms with van der Waals surface area (Å²) in [4.78, 5) is 16.9. The van der Waals surface area contributed by atoms with Crippen molar-refractivity contribution >= 4 is 16.9 Å². The Kier molecular flexibility index (Phi) is 4.22. The first kappa shape index (κ1) is 16.4.